The van der Waals surface area contributed by atoms with Gasteiger partial charge in [-0.3, -0.25) is 4.79 Å². The molecule has 0 fully saturated rings. The zero-order chi connectivity index (χ0) is 18.2. The van der Waals surface area contributed by atoms with Crippen LogP contribution in [-0.4, -0.2) is 16.7 Å². The number of para-hydroxylation sites is 1. The normalized spacial score (nSPS) is 15.7. The van der Waals surface area contributed by atoms with Crippen molar-refractivity contribution in [1.82, 2.24) is 4.98 Å². The average Bonchev–Trinajstić information content (AvgIpc) is 3.42. The fraction of sp³-hybridized carbons (Fsp3) is 0. The second kappa shape index (κ2) is 6.57. The molecule has 0 saturated carbocycles. The van der Waals surface area contributed by atoms with Gasteiger partial charge in [0.2, 0.25) is 0 Å². The SMILES string of the molecule is O=C1C(=Cc2cccs2)N=C(c2ccccc2)N1c1nc2ccccc2s1. The maximum Gasteiger partial charge on any atom is 0.284 e. The van der Waals surface area contributed by atoms with Gasteiger partial charge in [0, 0.05) is 10.4 Å². The standard InChI is InChI=1S/C21H13N3OS2/c25-20-17(13-15-9-6-12-26-15)22-19(14-7-2-1-3-8-14)24(20)21-23-16-10-4-5-11-18(16)27-21/h1-13H. The molecule has 0 saturated heterocycles. The van der Waals surface area contributed by atoms with E-state index in [4.69, 9.17) is 0 Å². The van der Waals surface area contributed by atoms with Crippen molar-refractivity contribution in [2.24, 2.45) is 4.99 Å². The van der Waals surface area contributed by atoms with E-state index in [1.54, 1.807) is 16.2 Å². The number of thiazole rings is 1. The van der Waals surface area contributed by atoms with Crippen LogP contribution in [-0.2, 0) is 4.79 Å². The molecule has 0 aliphatic carbocycles. The predicted octanol–water partition coefficient (Wildman–Crippen LogP) is 5.19. The van der Waals surface area contributed by atoms with E-state index >= 15 is 0 Å². The van der Waals surface area contributed by atoms with E-state index in [9.17, 15) is 4.79 Å². The lowest BCUT2D eigenvalue weighted by Gasteiger charge is -2.14. The molecule has 0 N–H and O–H groups in total. The van der Waals surface area contributed by atoms with Crippen LogP contribution in [0, 0.1) is 0 Å². The fourth-order valence-corrected chi connectivity index (χ4v) is 4.56. The van der Waals surface area contributed by atoms with Gasteiger partial charge in [-0.1, -0.05) is 59.9 Å². The molecule has 130 valence electrons. The predicted molar refractivity (Wildman–Crippen MR) is 112 cm³/mol. The Labute approximate surface area is 163 Å². The van der Waals surface area contributed by atoms with Crippen LogP contribution in [0.3, 0.4) is 0 Å². The Bertz CT molecular complexity index is 1160. The highest BCUT2D eigenvalue weighted by atomic mass is 32.1. The molecule has 4 aromatic rings. The summed E-state index contributed by atoms with van der Waals surface area (Å²) in [5.74, 6) is 0.462. The molecule has 1 amide bonds. The summed E-state index contributed by atoms with van der Waals surface area (Å²) in [5, 5.41) is 2.62. The molecule has 27 heavy (non-hydrogen) atoms. The van der Waals surface area contributed by atoms with E-state index in [0.717, 1.165) is 20.7 Å². The Morgan fingerprint density at radius 2 is 1.74 bits per heavy atom. The van der Waals surface area contributed by atoms with Crippen molar-refractivity contribution < 1.29 is 4.79 Å². The molecule has 1 aliphatic heterocycles. The van der Waals surface area contributed by atoms with Crippen LogP contribution in [0.4, 0.5) is 5.13 Å². The Balaban J connectivity index is 1.66. The van der Waals surface area contributed by atoms with Crippen LogP contribution in [0.25, 0.3) is 16.3 Å². The van der Waals surface area contributed by atoms with E-state index in [1.807, 2.05) is 78.2 Å². The number of aliphatic imine (C=N–C) groups is 1. The summed E-state index contributed by atoms with van der Waals surface area (Å²) in [6.07, 6.45) is 1.84. The van der Waals surface area contributed by atoms with Crippen molar-refractivity contribution in [2.75, 3.05) is 4.90 Å². The van der Waals surface area contributed by atoms with Crippen molar-refractivity contribution in [3.63, 3.8) is 0 Å². The smallest absolute Gasteiger partial charge is 0.266 e. The number of amides is 1. The summed E-state index contributed by atoms with van der Waals surface area (Å²) in [6, 6.07) is 21.6. The summed E-state index contributed by atoms with van der Waals surface area (Å²) in [6.45, 7) is 0. The minimum atomic E-state index is -0.152. The lowest BCUT2D eigenvalue weighted by Crippen LogP contribution is -2.32. The molecule has 4 nitrogen and oxygen atoms in total. The van der Waals surface area contributed by atoms with Crippen LogP contribution in [0.2, 0.25) is 0 Å². The molecule has 0 bridgehead atoms. The van der Waals surface area contributed by atoms with Gasteiger partial charge < -0.3 is 0 Å². The first-order chi connectivity index (χ1) is 13.3. The number of hydrogen-bond acceptors (Lipinski definition) is 5. The van der Waals surface area contributed by atoms with Gasteiger partial charge >= 0.3 is 0 Å². The molecule has 0 atom stereocenters. The van der Waals surface area contributed by atoms with Gasteiger partial charge in [0.25, 0.3) is 5.91 Å². The largest absolute Gasteiger partial charge is 0.284 e. The molecular formula is C21H13N3OS2. The van der Waals surface area contributed by atoms with Crippen LogP contribution in [0.15, 0.2) is 82.8 Å². The van der Waals surface area contributed by atoms with E-state index in [2.05, 4.69) is 9.98 Å². The van der Waals surface area contributed by atoms with Crippen molar-refractivity contribution in [2.45, 2.75) is 0 Å². The van der Waals surface area contributed by atoms with Crippen LogP contribution < -0.4 is 4.90 Å². The number of benzene rings is 2. The van der Waals surface area contributed by atoms with Gasteiger partial charge in [0.1, 0.15) is 11.5 Å². The summed E-state index contributed by atoms with van der Waals surface area (Å²) >= 11 is 3.08. The third-order valence-electron chi connectivity index (χ3n) is 4.19. The van der Waals surface area contributed by atoms with Gasteiger partial charge in [-0.25, -0.2) is 14.9 Å². The maximum absolute atomic E-state index is 13.2. The lowest BCUT2D eigenvalue weighted by molar-refractivity contribution is -0.113. The van der Waals surface area contributed by atoms with E-state index in [1.165, 1.54) is 11.3 Å². The number of thiophene rings is 1. The van der Waals surface area contributed by atoms with Crippen molar-refractivity contribution in [3.05, 3.63) is 88.2 Å². The minimum Gasteiger partial charge on any atom is -0.266 e. The first-order valence-electron chi connectivity index (χ1n) is 8.39. The van der Waals surface area contributed by atoms with Crippen LogP contribution in [0.1, 0.15) is 10.4 Å². The second-order valence-electron chi connectivity index (χ2n) is 5.95. The van der Waals surface area contributed by atoms with Gasteiger partial charge in [0.05, 0.1) is 10.2 Å². The van der Waals surface area contributed by atoms with Gasteiger partial charge in [-0.15, -0.1) is 11.3 Å². The number of nitrogens with zero attached hydrogens (tertiary/aromatic N) is 3. The zero-order valence-corrected chi connectivity index (χ0v) is 15.7. The number of amidine groups is 1. The molecule has 1 aliphatic rings. The summed E-state index contributed by atoms with van der Waals surface area (Å²) in [7, 11) is 0. The highest BCUT2D eigenvalue weighted by Crippen LogP contribution is 2.34. The molecule has 5 rings (SSSR count). The van der Waals surface area contributed by atoms with Crippen LogP contribution >= 0.6 is 22.7 Å². The van der Waals surface area contributed by atoms with Crippen molar-refractivity contribution in [3.8, 4) is 0 Å². The topological polar surface area (TPSA) is 45.6 Å². The quantitative estimate of drug-likeness (QED) is 0.454. The third kappa shape index (κ3) is 2.89. The third-order valence-corrected chi connectivity index (χ3v) is 6.03. The summed E-state index contributed by atoms with van der Waals surface area (Å²) < 4.78 is 1.04. The highest BCUT2D eigenvalue weighted by molar-refractivity contribution is 7.22. The molecule has 2 aromatic heterocycles. The molecule has 0 unspecified atom stereocenters. The maximum atomic E-state index is 13.2. The second-order valence-corrected chi connectivity index (χ2v) is 7.94. The molecular weight excluding hydrogens is 374 g/mol. The number of anilines is 1. The average molecular weight is 387 g/mol. The first-order valence-corrected chi connectivity index (χ1v) is 10.1. The molecule has 0 spiro atoms. The Hall–Kier alpha value is -3.09. The highest BCUT2D eigenvalue weighted by Gasteiger charge is 2.34. The minimum absolute atomic E-state index is 0.152. The Morgan fingerprint density at radius 3 is 2.52 bits per heavy atom. The number of aromatic nitrogens is 1. The van der Waals surface area contributed by atoms with Gasteiger partial charge in [-0.2, -0.15) is 0 Å². The zero-order valence-electron chi connectivity index (χ0n) is 14.1. The monoisotopic (exact) mass is 387 g/mol. The van der Waals surface area contributed by atoms with Crippen molar-refractivity contribution >= 4 is 55.8 Å². The van der Waals surface area contributed by atoms with E-state index < -0.39 is 0 Å². The van der Waals surface area contributed by atoms with Gasteiger partial charge in [-0.05, 0) is 29.7 Å². The number of carbonyl (C=O) groups is 1. The number of carbonyl (C=O) groups excluding carboxylic acids is 1. The van der Waals surface area contributed by atoms with Crippen LogP contribution in [0.5, 0.6) is 0 Å². The molecule has 6 heteroatoms. The number of rotatable bonds is 3. The Morgan fingerprint density at radius 1 is 0.926 bits per heavy atom. The van der Waals surface area contributed by atoms with E-state index in [-0.39, 0.29) is 5.91 Å². The van der Waals surface area contributed by atoms with Gasteiger partial charge in [0.15, 0.2) is 5.13 Å². The number of hydrogen-bond donors (Lipinski definition) is 0. The lowest BCUT2D eigenvalue weighted by atomic mass is 10.2. The molecule has 0 radical (unpaired) electrons. The first kappa shape index (κ1) is 16.1. The van der Waals surface area contributed by atoms with Crippen molar-refractivity contribution in [1.29, 1.82) is 0 Å². The molecule has 3 heterocycles. The summed E-state index contributed by atoms with van der Waals surface area (Å²) in [4.78, 5) is 25.2. The van der Waals surface area contributed by atoms with E-state index in [0.29, 0.717) is 16.7 Å². The summed E-state index contributed by atoms with van der Waals surface area (Å²) in [5.41, 5.74) is 2.20. The Kier molecular flexibility index (Phi) is 3.92. The number of fused-ring (bicyclic) bond motifs is 1. The molecule has 2 aromatic carbocycles. The fourth-order valence-electron chi connectivity index (χ4n) is 2.94.